The molecule has 0 fully saturated rings. The minimum absolute atomic E-state index is 0.730. The van der Waals surface area contributed by atoms with E-state index < -0.39 is 0 Å². The zero-order chi connectivity index (χ0) is 12.7. The standard InChI is InChI=1S/C11H6BrClN2S3/c1-16-11-15-10-7(18-11)4-5(12)8(14-10)9-6(13)2-3-17-9/h2-4H,1H3. The summed E-state index contributed by atoms with van der Waals surface area (Å²) in [6, 6.07) is 3.94. The van der Waals surface area contributed by atoms with Crippen LogP contribution in [0.1, 0.15) is 0 Å². The van der Waals surface area contributed by atoms with E-state index in [0.717, 1.165) is 34.8 Å². The van der Waals surface area contributed by atoms with Crippen molar-refractivity contribution in [3.63, 3.8) is 0 Å². The van der Waals surface area contributed by atoms with Gasteiger partial charge < -0.3 is 0 Å². The largest absolute Gasteiger partial charge is 0.225 e. The predicted molar refractivity (Wildman–Crippen MR) is 85.2 cm³/mol. The molecule has 0 aliphatic heterocycles. The van der Waals surface area contributed by atoms with Crippen LogP contribution in [0, 0.1) is 0 Å². The van der Waals surface area contributed by atoms with Gasteiger partial charge >= 0.3 is 0 Å². The van der Waals surface area contributed by atoms with Crippen LogP contribution in [0.15, 0.2) is 26.3 Å². The summed E-state index contributed by atoms with van der Waals surface area (Å²) in [4.78, 5) is 10.1. The molecule has 0 bridgehead atoms. The fourth-order valence-electron chi connectivity index (χ4n) is 1.53. The van der Waals surface area contributed by atoms with Gasteiger partial charge in [-0.1, -0.05) is 23.4 Å². The molecule has 2 nitrogen and oxygen atoms in total. The van der Waals surface area contributed by atoms with E-state index in [1.165, 1.54) is 0 Å². The number of thiophene rings is 1. The topological polar surface area (TPSA) is 25.8 Å². The Balaban J connectivity index is 2.24. The van der Waals surface area contributed by atoms with Crippen molar-refractivity contribution in [2.45, 2.75) is 4.34 Å². The highest BCUT2D eigenvalue weighted by Gasteiger charge is 2.14. The van der Waals surface area contributed by atoms with Gasteiger partial charge in [-0.05, 0) is 39.7 Å². The first-order valence-electron chi connectivity index (χ1n) is 4.93. The van der Waals surface area contributed by atoms with E-state index in [-0.39, 0.29) is 0 Å². The molecule has 0 aliphatic rings. The number of pyridine rings is 1. The van der Waals surface area contributed by atoms with Crippen molar-refractivity contribution in [2.75, 3.05) is 6.26 Å². The van der Waals surface area contributed by atoms with E-state index in [0.29, 0.717) is 0 Å². The first kappa shape index (κ1) is 12.9. The molecule has 0 N–H and O–H groups in total. The molecule has 7 heteroatoms. The average Bonchev–Trinajstić information content (AvgIpc) is 2.93. The third-order valence-corrected chi connectivity index (χ3v) is 6.25. The number of nitrogens with zero attached hydrogens (tertiary/aromatic N) is 2. The minimum Gasteiger partial charge on any atom is -0.225 e. The highest BCUT2D eigenvalue weighted by molar-refractivity contribution is 9.10. The van der Waals surface area contributed by atoms with Crippen molar-refractivity contribution in [1.29, 1.82) is 0 Å². The van der Waals surface area contributed by atoms with Crippen molar-refractivity contribution in [3.8, 4) is 10.6 Å². The SMILES string of the molecule is CSc1nc2nc(-c3sccc3Cl)c(Br)cc2s1. The molecule has 3 aromatic heterocycles. The van der Waals surface area contributed by atoms with Crippen LogP contribution in [0.2, 0.25) is 5.02 Å². The summed E-state index contributed by atoms with van der Waals surface area (Å²) >= 11 is 14.6. The molecule has 0 amide bonds. The Bertz CT molecular complexity index is 722. The summed E-state index contributed by atoms with van der Waals surface area (Å²) in [5.41, 5.74) is 1.65. The van der Waals surface area contributed by atoms with Gasteiger partial charge in [-0.3, -0.25) is 0 Å². The molecular weight excluding hydrogens is 372 g/mol. The highest BCUT2D eigenvalue weighted by Crippen LogP contribution is 2.39. The molecule has 0 aliphatic carbocycles. The number of halogens is 2. The van der Waals surface area contributed by atoms with Crippen LogP contribution in [0.4, 0.5) is 0 Å². The zero-order valence-corrected chi connectivity index (χ0v) is 13.9. The minimum atomic E-state index is 0.730. The predicted octanol–water partition coefficient (Wildman–Crippen LogP) is 5.56. The Labute approximate surface area is 130 Å². The van der Waals surface area contributed by atoms with Gasteiger partial charge in [0.2, 0.25) is 0 Å². The molecule has 0 saturated carbocycles. The Morgan fingerprint density at radius 2 is 2.22 bits per heavy atom. The molecule has 0 atom stereocenters. The van der Waals surface area contributed by atoms with Crippen LogP contribution in [0.3, 0.4) is 0 Å². The molecule has 3 heterocycles. The fraction of sp³-hybridized carbons (Fsp3) is 0.0909. The number of fused-ring (bicyclic) bond motifs is 1. The van der Waals surface area contributed by atoms with E-state index in [1.807, 2.05) is 17.7 Å². The number of hydrogen-bond donors (Lipinski definition) is 0. The molecule has 92 valence electrons. The van der Waals surface area contributed by atoms with E-state index in [1.54, 1.807) is 34.4 Å². The normalized spacial score (nSPS) is 11.3. The van der Waals surface area contributed by atoms with Crippen LogP contribution in [-0.2, 0) is 0 Å². The van der Waals surface area contributed by atoms with Crippen LogP contribution in [0.25, 0.3) is 20.9 Å². The maximum atomic E-state index is 6.16. The van der Waals surface area contributed by atoms with Gasteiger partial charge in [0.05, 0.1) is 20.3 Å². The van der Waals surface area contributed by atoms with Gasteiger partial charge in [-0.25, -0.2) is 9.97 Å². The fourth-order valence-corrected chi connectivity index (χ4v) is 4.94. The van der Waals surface area contributed by atoms with Crippen molar-refractivity contribution in [2.24, 2.45) is 0 Å². The molecule has 0 radical (unpaired) electrons. The van der Waals surface area contributed by atoms with E-state index in [2.05, 4.69) is 32.0 Å². The molecule has 0 saturated heterocycles. The average molecular weight is 378 g/mol. The molecule has 0 spiro atoms. The Kier molecular flexibility index (Phi) is 3.64. The summed E-state index contributed by atoms with van der Waals surface area (Å²) < 4.78 is 3.07. The highest BCUT2D eigenvalue weighted by atomic mass is 79.9. The molecular formula is C11H6BrClN2S3. The molecule has 18 heavy (non-hydrogen) atoms. The number of hydrogen-bond acceptors (Lipinski definition) is 5. The number of thioether (sulfide) groups is 1. The van der Waals surface area contributed by atoms with Crippen molar-refractivity contribution in [1.82, 2.24) is 9.97 Å². The summed E-state index contributed by atoms with van der Waals surface area (Å²) in [5, 5.41) is 2.69. The van der Waals surface area contributed by atoms with Crippen molar-refractivity contribution in [3.05, 3.63) is 27.0 Å². The first-order chi connectivity index (χ1) is 8.69. The van der Waals surface area contributed by atoms with Crippen molar-refractivity contribution < 1.29 is 0 Å². The quantitative estimate of drug-likeness (QED) is 0.547. The lowest BCUT2D eigenvalue weighted by molar-refractivity contribution is 1.24. The van der Waals surface area contributed by atoms with Crippen molar-refractivity contribution >= 4 is 72.3 Å². The second-order valence-corrected chi connectivity index (χ2v) is 7.68. The summed E-state index contributed by atoms with van der Waals surface area (Å²) in [6.45, 7) is 0. The maximum absolute atomic E-state index is 6.16. The molecule has 3 rings (SSSR count). The Morgan fingerprint density at radius 3 is 2.89 bits per heavy atom. The summed E-state index contributed by atoms with van der Waals surface area (Å²) in [5.74, 6) is 0. The van der Waals surface area contributed by atoms with Crippen LogP contribution in [0.5, 0.6) is 0 Å². The van der Waals surface area contributed by atoms with Crippen LogP contribution in [-0.4, -0.2) is 16.2 Å². The van der Waals surface area contributed by atoms with E-state index in [4.69, 9.17) is 11.6 Å². The van der Waals surface area contributed by atoms with E-state index >= 15 is 0 Å². The van der Waals surface area contributed by atoms with Crippen LogP contribution < -0.4 is 0 Å². The lowest BCUT2D eigenvalue weighted by Crippen LogP contribution is -1.84. The first-order valence-corrected chi connectivity index (χ1v) is 9.02. The van der Waals surface area contributed by atoms with E-state index in [9.17, 15) is 0 Å². The monoisotopic (exact) mass is 376 g/mol. The number of rotatable bonds is 2. The zero-order valence-electron chi connectivity index (χ0n) is 9.11. The lowest BCUT2D eigenvalue weighted by Gasteiger charge is -2.01. The third kappa shape index (κ3) is 2.20. The maximum Gasteiger partial charge on any atom is 0.172 e. The van der Waals surface area contributed by atoms with Gasteiger partial charge in [0.1, 0.15) is 0 Å². The molecule has 0 unspecified atom stereocenters. The second-order valence-electron chi connectivity index (χ2n) is 3.42. The lowest BCUT2D eigenvalue weighted by atomic mass is 10.3. The Morgan fingerprint density at radius 1 is 1.39 bits per heavy atom. The van der Waals surface area contributed by atoms with Gasteiger partial charge in [0, 0.05) is 4.47 Å². The van der Waals surface area contributed by atoms with Crippen LogP contribution >= 0.6 is 62.0 Å². The van der Waals surface area contributed by atoms with Gasteiger partial charge in [-0.2, -0.15) is 0 Å². The van der Waals surface area contributed by atoms with Gasteiger partial charge in [0.25, 0.3) is 0 Å². The van der Waals surface area contributed by atoms with Gasteiger partial charge in [-0.15, -0.1) is 22.7 Å². The Hall–Kier alpha value is -0.140. The summed E-state index contributed by atoms with van der Waals surface area (Å²) in [7, 11) is 0. The van der Waals surface area contributed by atoms with Gasteiger partial charge in [0.15, 0.2) is 9.99 Å². The molecule has 3 aromatic rings. The number of thiazole rings is 1. The number of aromatic nitrogens is 2. The second kappa shape index (κ2) is 5.09. The smallest absolute Gasteiger partial charge is 0.172 e. The molecule has 0 aromatic carbocycles. The third-order valence-electron chi connectivity index (χ3n) is 2.32. The summed E-state index contributed by atoms with van der Waals surface area (Å²) in [6.07, 6.45) is 2.02.